The molecule has 0 bridgehead atoms. The predicted octanol–water partition coefficient (Wildman–Crippen LogP) is 1.93. The summed E-state index contributed by atoms with van der Waals surface area (Å²) < 4.78 is 0. The monoisotopic (exact) mass is 264 g/mol. The minimum Gasteiger partial charge on any atom is -0.341 e. The van der Waals surface area contributed by atoms with E-state index in [9.17, 15) is 0 Å². The van der Waals surface area contributed by atoms with Crippen LogP contribution in [0.15, 0.2) is 12.1 Å². The maximum Gasteiger partial charge on any atom is 0.121 e. The number of aromatic nitrogens is 2. The summed E-state index contributed by atoms with van der Waals surface area (Å²) in [5.41, 5.74) is 3.11. The number of halogens is 1. The Bertz CT molecular complexity index is 518. The lowest BCUT2D eigenvalue weighted by atomic mass is 10.2. The van der Waals surface area contributed by atoms with E-state index >= 15 is 0 Å². The van der Waals surface area contributed by atoms with E-state index in [2.05, 4.69) is 26.3 Å². The molecule has 18 heavy (non-hydrogen) atoms. The molecule has 1 fully saturated rings. The van der Waals surface area contributed by atoms with Crippen LogP contribution in [-0.2, 0) is 6.54 Å². The summed E-state index contributed by atoms with van der Waals surface area (Å²) in [5.74, 6) is 1.02. The largest absolute Gasteiger partial charge is 0.341 e. The van der Waals surface area contributed by atoms with Gasteiger partial charge >= 0.3 is 0 Å². The molecule has 0 saturated carbocycles. The zero-order chi connectivity index (χ0) is 12.5. The number of aromatic amines is 1. The first kappa shape index (κ1) is 12.0. The van der Waals surface area contributed by atoms with Gasteiger partial charge in [-0.05, 0) is 24.6 Å². The van der Waals surface area contributed by atoms with E-state index in [1.54, 1.807) is 0 Å². The zero-order valence-electron chi connectivity index (χ0n) is 10.5. The molecule has 1 aliphatic rings. The van der Waals surface area contributed by atoms with Gasteiger partial charge in [-0.2, -0.15) is 0 Å². The lowest BCUT2D eigenvalue weighted by Gasteiger charge is -2.26. The number of nitrogens with zero attached hydrogens (tertiary/aromatic N) is 2. The van der Waals surface area contributed by atoms with Crippen molar-refractivity contribution in [1.29, 1.82) is 0 Å². The van der Waals surface area contributed by atoms with Crippen molar-refractivity contribution in [1.82, 2.24) is 20.2 Å². The average molecular weight is 265 g/mol. The maximum atomic E-state index is 6.12. The normalized spacial score (nSPS) is 17.4. The van der Waals surface area contributed by atoms with Gasteiger partial charge in [0, 0.05) is 31.2 Å². The molecule has 0 aliphatic carbocycles. The molecule has 0 unspecified atom stereocenters. The second-order valence-electron chi connectivity index (χ2n) is 4.83. The number of aryl methyl sites for hydroxylation is 1. The summed E-state index contributed by atoms with van der Waals surface area (Å²) in [7, 11) is 0. The maximum absolute atomic E-state index is 6.12. The SMILES string of the molecule is Cc1cc2[nH]c(CN3CCNCC3)nc2cc1Cl. The Hall–Kier alpha value is -1.10. The topological polar surface area (TPSA) is 44.0 Å². The van der Waals surface area contributed by atoms with Crippen LogP contribution in [0, 0.1) is 6.92 Å². The molecule has 2 heterocycles. The number of rotatable bonds is 2. The van der Waals surface area contributed by atoms with Crippen molar-refractivity contribution in [2.24, 2.45) is 0 Å². The molecular formula is C13H17ClN4. The Morgan fingerprint density at radius 3 is 2.89 bits per heavy atom. The van der Waals surface area contributed by atoms with E-state index in [0.29, 0.717) is 0 Å². The lowest BCUT2D eigenvalue weighted by molar-refractivity contribution is 0.229. The van der Waals surface area contributed by atoms with Gasteiger partial charge in [-0.25, -0.2) is 4.98 Å². The summed E-state index contributed by atoms with van der Waals surface area (Å²) in [6.07, 6.45) is 0. The highest BCUT2D eigenvalue weighted by atomic mass is 35.5. The third-order valence-corrected chi connectivity index (χ3v) is 3.80. The van der Waals surface area contributed by atoms with E-state index in [4.69, 9.17) is 11.6 Å². The van der Waals surface area contributed by atoms with Crippen LogP contribution in [0.1, 0.15) is 11.4 Å². The van der Waals surface area contributed by atoms with Gasteiger partial charge in [0.1, 0.15) is 5.82 Å². The number of benzene rings is 1. The smallest absolute Gasteiger partial charge is 0.121 e. The predicted molar refractivity (Wildman–Crippen MR) is 74.0 cm³/mol. The minimum atomic E-state index is 0.780. The van der Waals surface area contributed by atoms with Crippen molar-refractivity contribution in [3.8, 4) is 0 Å². The number of hydrogen-bond acceptors (Lipinski definition) is 3. The standard InChI is InChI=1S/C13H17ClN4/c1-9-6-11-12(7-10(9)14)17-13(16-11)8-18-4-2-15-3-5-18/h6-7,15H,2-5,8H2,1H3,(H,16,17). The van der Waals surface area contributed by atoms with Crippen molar-refractivity contribution in [3.63, 3.8) is 0 Å². The Labute approximate surface area is 111 Å². The van der Waals surface area contributed by atoms with Crippen LogP contribution in [0.3, 0.4) is 0 Å². The van der Waals surface area contributed by atoms with Crippen molar-refractivity contribution in [2.45, 2.75) is 13.5 Å². The van der Waals surface area contributed by atoms with E-state index in [0.717, 1.165) is 60.2 Å². The fourth-order valence-electron chi connectivity index (χ4n) is 2.35. The van der Waals surface area contributed by atoms with Crippen molar-refractivity contribution >= 4 is 22.6 Å². The molecule has 2 N–H and O–H groups in total. The Kier molecular flexibility index (Phi) is 3.24. The average Bonchev–Trinajstić information content (AvgIpc) is 2.72. The molecule has 96 valence electrons. The van der Waals surface area contributed by atoms with Crippen LogP contribution in [-0.4, -0.2) is 41.0 Å². The molecule has 0 spiro atoms. The first-order valence-corrected chi connectivity index (χ1v) is 6.68. The summed E-state index contributed by atoms with van der Waals surface area (Å²) >= 11 is 6.12. The van der Waals surface area contributed by atoms with Crippen molar-refractivity contribution < 1.29 is 0 Å². The van der Waals surface area contributed by atoms with Crippen molar-refractivity contribution in [2.75, 3.05) is 26.2 Å². The molecule has 0 amide bonds. The number of hydrogen-bond donors (Lipinski definition) is 2. The lowest BCUT2D eigenvalue weighted by Crippen LogP contribution is -2.43. The molecule has 4 nitrogen and oxygen atoms in total. The van der Waals surface area contributed by atoms with Crippen LogP contribution in [0.4, 0.5) is 0 Å². The minimum absolute atomic E-state index is 0.780. The van der Waals surface area contributed by atoms with Gasteiger partial charge in [-0.15, -0.1) is 0 Å². The number of nitrogens with one attached hydrogen (secondary N) is 2. The van der Waals surface area contributed by atoms with Gasteiger partial charge in [-0.1, -0.05) is 11.6 Å². The van der Waals surface area contributed by atoms with Crippen LogP contribution in [0.2, 0.25) is 5.02 Å². The van der Waals surface area contributed by atoms with Gasteiger partial charge in [0.05, 0.1) is 17.6 Å². The molecule has 1 aliphatic heterocycles. The van der Waals surface area contributed by atoms with Gasteiger partial charge in [0.15, 0.2) is 0 Å². The Morgan fingerprint density at radius 2 is 2.11 bits per heavy atom. The highest BCUT2D eigenvalue weighted by molar-refractivity contribution is 6.32. The van der Waals surface area contributed by atoms with Gasteiger partial charge in [0.2, 0.25) is 0 Å². The number of fused-ring (bicyclic) bond motifs is 1. The Morgan fingerprint density at radius 1 is 1.33 bits per heavy atom. The second kappa shape index (κ2) is 4.88. The third kappa shape index (κ3) is 2.36. The van der Waals surface area contributed by atoms with Crippen LogP contribution >= 0.6 is 11.6 Å². The second-order valence-corrected chi connectivity index (χ2v) is 5.24. The molecule has 0 atom stereocenters. The van der Waals surface area contributed by atoms with Crippen LogP contribution in [0.5, 0.6) is 0 Å². The van der Waals surface area contributed by atoms with Crippen LogP contribution in [0.25, 0.3) is 11.0 Å². The third-order valence-electron chi connectivity index (χ3n) is 3.39. The fourth-order valence-corrected chi connectivity index (χ4v) is 2.51. The summed E-state index contributed by atoms with van der Waals surface area (Å²) in [6.45, 7) is 7.18. The van der Waals surface area contributed by atoms with Gasteiger partial charge in [-0.3, -0.25) is 4.90 Å². The summed E-state index contributed by atoms with van der Waals surface area (Å²) in [4.78, 5) is 10.4. The Balaban J connectivity index is 1.84. The zero-order valence-corrected chi connectivity index (χ0v) is 11.2. The quantitative estimate of drug-likeness (QED) is 0.871. The highest BCUT2D eigenvalue weighted by Crippen LogP contribution is 2.22. The summed E-state index contributed by atoms with van der Waals surface area (Å²) in [6, 6.07) is 4.00. The first-order valence-electron chi connectivity index (χ1n) is 6.30. The molecule has 1 saturated heterocycles. The van der Waals surface area contributed by atoms with E-state index in [1.807, 2.05) is 13.0 Å². The van der Waals surface area contributed by atoms with Crippen LogP contribution < -0.4 is 5.32 Å². The van der Waals surface area contributed by atoms with Gasteiger partial charge < -0.3 is 10.3 Å². The molecule has 1 aromatic carbocycles. The summed E-state index contributed by atoms with van der Waals surface area (Å²) in [5, 5.41) is 4.13. The van der Waals surface area contributed by atoms with E-state index < -0.39 is 0 Å². The fraction of sp³-hybridized carbons (Fsp3) is 0.462. The molecule has 0 radical (unpaired) electrons. The molecule has 2 aromatic rings. The first-order chi connectivity index (χ1) is 8.72. The van der Waals surface area contributed by atoms with E-state index in [1.165, 1.54) is 0 Å². The molecular weight excluding hydrogens is 248 g/mol. The number of imidazole rings is 1. The number of H-pyrrole nitrogens is 1. The van der Waals surface area contributed by atoms with Gasteiger partial charge in [0.25, 0.3) is 0 Å². The molecule has 5 heteroatoms. The molecule has 3 rings (SSSR count). The van der Waals surface area contributed by atoms with Crippen molar-refractivity contribution in [3.05, 3.63) is 28.5 Å². The highest BCUT2D eigenvalue weighted by Gasteiger charge is 2.12. The van der Waals surface area contributed by atoms with E-state index in [-0.39, 0.29) is 0 Å². The number of piperazine rings is 1. The molecule has 1 aromatic heterocycles.